The fraction of sp³-hybridized carbons (Fsp3) is 0.412. The summed E-state index contributed by atoms with van der Waals surface area (Å²) >= 11 is 0. The first-order valence-corrected chi connectivity index (χ1v) is 6.54. The van der Waals surface area contributed by atoms with Crippen LogP contribution in [0, 0.1) is 5.92 Å². The maximum absolute atomic E-state index is 5.61. The minimum Gasteiger partial charge on any atom is -0.380 e. The highest BCUT2D eigenvalue weighted by atomic mass is 16.5. The largest absolute Gasteiger partial charge is 0.380 e. The van der Waals surface area contributed by atoms with E-state index in [0.717, 1.165) is 0 Å². The summed E-state index contributed by atoms with van der Waals surface area (Å²) in [5.41, 5.74) is 4.14. The van der Waals surface area contributed by atoms with Gasteiger partial charge < -0.3 is 4.74 Å². The molecule has 0 unspecified atom stereocenters. The first kappa shape index (κ1) is 13.1. The summed E-state index contributed by atoms with van der Waals surface area (Å²) in [4.78, 5) is 0. The van der Waals surface area contributed by atoms with Crippen molar-refractivity contribution in [3.8, 4) is 0 Å². The highest BCUT2D eigenvalue weighted by molar-refractivity contribution is 5.36. The number of rotatable bonds is 4. The van der Waals surface area contributed by atoms with Crippen LogP contribution in [0.4, 0.5) is 0 Å². The molecule has 1 saturated carbocycles. The Hall–Kier alpha value is -1.34. The van der Waals surface area contributed by atoms with Gasteiger partial charge in [-0.25, -0.2) is 0 Å². The first-order valence-electron chi connectivity index (χ1n) is 6.54. The van der Waals surface area contributed by atoms with Gasteiger partial charge >= 0.3 is 0 Å². The molecule has 1 aliphatic carbocycles. The van der Waals surface area contributed by atoms with Crippen LogP contribution >= 0.6 is 0 Å². The summed E-state index contributed by atoms with van der Waals surface area (Å²) in [5, 5.41) is 0. The molecule has 18 heavy (non-hydrogen) atoms. The van der Waals surface area contributed by atoms with Crippen molar-refractivity contribution < 1.29 is 4.74 Å². The zero-order chi connectivity index (χ0) is 13.1. The zero-order valence-corrected chi connectivity index (χ0v) is 11.7. The van der Waals surface area contributed by atoms with Crippen LogP contribution in [-0.4, -0.2) is 13.2 Å². The van der Waals surface area contributed by atoms with Crippen LogP contribution in [0.2, 0.25) is 0 Å². The van der Waals surface area contributed by atoms with E-state index in [9.17, 15) is 0 Å². The first-order chi connectivity index (χ1) is 8.65. The van der Waals surface area contributed by atoms with Gasteiger partial charge in [0.2, 0.25) is 0 Å². The van der Waals surface area contributed by atoms with E-state index in [4.69, 9.17) is 4.74 Å². The molecule has 1 fully saturated rings. The molecule has 2 rings (SSSR count). The van der Waals surface area contributed by atoms with E-state index >= 15 is 0 Å². The van der Waals surface area contributed by atoms with Gasteiger partial charge in [-0.05, 0) is 26.3 Å². The number of ether oxygens (including phenoxy) is 1. The van der Waals surface area contributed by atoms with Gasteiger partial charge in [-0.3, -0.25) is 0 Å². The predicted octanol–water partition coefficient (Wildman–Crippen LogP) is 4.33. The van der Waals surface area contributed by atoms with Gasteiger partial charge in [0.1, 0.15) is 0 Å². The molecular formula is C17H22O. The van der Waals surface area contributed by atoms with E-state index in [-0.39, 0.29) is 0 Å². The molecule has 0 bridgehead atoms. The van der Waals surface area contributed by atoms with Crippen LogP contribution in [0.25, 0.3) is 0 Å². The maximum atomic E-state index is 5.61. The minimum atomic E-state index is 0.342. The Labute approximate surface area is 110 Å². The average molecular weight is 242 g/mol. The molecule has 0 amide bonds. The number of allylic oxidation sites excluding steroid dienone is 3. The fourth-order valence-corrected chi connectivity index (χ4v) is 2.60. The zero-order valence-electron chi connectivity index (χ0n) is 11.7. The predicted molar refractivity (Wildman–Crippen MR) is 76.7 cm³/mol. The molecule has 1 nitrogen and oxygen atoms in total. The number of hydrogen-bond acceptors (Lipinski definition) is 1. The summed E-state index contributed by atoms with van der Waals surface area (Å²) in [5.74, 6) is 1.06. The molecule has 1 aliphatic rings. The van der Waals surface area contributed by atoms with Crippen molar-refractivity contribution in [3.63, 3.8) is 0 Å². The smallest absolute Gasteiger partial charge is 0.0718 e. The molecule has 1 heteroatoms. The van der Waals surface area contributed by atoms with Gasteiger partial charge in [-0.2, -0.15) is 0 Å². The third-order valence-corrected chi connectivity index (χ3v) is 3.62. The van der Waals surface area contributed by atoms with Crippen LogP contribution in [0.15, 0.2) is 53.6 Å². The van der Waals surface area contributed by atoms with Crippen molar-refractivity contribution in [2.75, 3.05) is 7.11 Å². The van der Waals surface area contributed by atoms with Gasteiger partial charge in [-0.1, -0.05) is 53.6 Å². The minimum absolute atomic E-state index is 0.342. The molecular weight excluding hydrogens is 220 g/mol. The van der Waals surface area contributed by atoms with Crippen molar-refractivity contribution >= 4 is 0 Å². The van der Waals surface area contributed by atoms with Crippen LogP contribution < -0.4 is 0 Å². The summed E-state index contributed by atoms with van der Waals surface area (Å²) in [6.07, 6.45) is 4.76. The highest BCUT2D eigenvalue weighted by Crippen LogP contribution is 2.53. The molecule has 0 saturated heterocycles. The van der Waals surface area contributed by atoms with Gasteiger partial charge in [0.15, 0.2) is 0 Å². The van der Waals surface area contributed by atoms with Gasteiger partial charge in [0.25, 0.3) is 0 Å². The van der Waals surface area contributed by atoms with Crippen LogP contribution in [0.1, 0.15) is 32.3 Å². The topological polar surface area (TPSA) is 9.23 Å². The number of methoxy groups -OCH3 is 1. The van der Waals surface area contributed by atoms with Crippen LogP contribution in [-0.2, 0) is 4.74 Å². The quantitative estimate of drug-likeness (QED) is 0.714. The lowest BCUT2D eigenvalue weighted by molar-refractivity contribution is 0.170. The summed E-state index contributed by atoms with van der Waals surface area (Å²) in [6.45, 7) is 6.46. The second kappa shape index (κ2) is 5.53. The molecule has 0 heterocycles. The molecule has 0 spiro atoms. The maximum Gasteiger partial charge on any atom is 0.0718 e. The normalized spacial score (nSPS) is 26.9. The number of benzene rings is 1. The Bertz CT molecular complexity index is 452. The molecule has 0 aromatic heterocycles. The van der Waals surface area contributed by atoms with Crippen molar-refractivity contribution in [2.45, 2.75) is 32.8 Å². The third kappa shape index (κ3) is 2.73. The SMILES string of the molecule is CO[C@H]1[C@H](/C(C)=C/C=C(C)C)[C@H]1c1ccccc1. The van der Waals surface area contributed by atoms with E-state index in [1.807, 2.05) is 7.11 Å². The molecule has 3 atom stereocenters. The van der Waals surface area contributed by atoms with Crippen molar-refractivity contribution in [3.05, 3.63) is 59.2 Å². The van der Waals surface area contributed by atoms with Crippen LogP contribution in [0.5, 0.6) is 0 Å². The van der Waals surface area contributed by atoms with E-state index in [1.54, 1.807) is 0 Å². The standard InChI is InChI=1S/C17H22O/c1-12(2)10-11-13(3)15-16(17(15)18-4)14-8-6-5-7-9-14/h5-11,15-17H,1-4H3/b13-11+/t15-,16-,17+/m1/s1. The molecule has 96 valence electrons. The Kier molecular flexibility index (Phi) is 4.03. The summed E-state index contributed by atoms with van der Waals surface area (Å²) < 4.78 is 5.61. The summed E-state index contributed by atoms with van der Waals surface area (Å²) in [6, 6.07) is 10.7. The second-order valence-electron chi connectivity index (χ2n) is 5.32. The Balaban J connectivity index is 2.16. The highest BCUT2D eigenvalue weighted by Gasteiger charge is 2.52. The van der Waals surface area contributed by atoms with Crippen molar-refractivity contribution in [2.24, 2.45) is 5.92 Å². The second-order valence-corrected chi connectivity index (χ2v) is 5.32. The Morgan fingerprint density at radius 1 is 1.06 bits per heavy atom. The molecule has 0 aliphatic heterocycles. The molecule has 1 aromatic carbocycles. The Morgan fingerprint density at radius 2 is 1.72 bits per heavy atom. The van der Waals surface area contributed by atoms with Gasteiger partial charge in [0, 0.05) is 18.9 Å². The van der Waals surface area contributed by atoms with E-state index < -0.39 is 0 Å². The molecule has 1 aromatic rings. The fourth-order valence-electron chi connectivity index (χ4n) is 2.60. The van der Waals surface area contributed by atoms with Crippen LogP contribution in [0.3, 0.4) is 0 Å². The summed E-state index contributed by atoms with van der Waals surface area (Å²) in [7, 11) is 1.81. The molecule has 0 N–H and O–H groups in total. The van der Waals surface area contributed by atoms with E-state index in [0.29, 0.717) is 17.9 Å². The third-order valence-electron chi connectivity index (χ3n) is 3.62. The molecule has 0 radical (unpaired) electrons. The van der Waals surface area contributed by atoms with Gasteiger partial charge in [-0.15, -0.1) is 0 Å². The lowest BCUT2D eigenvalue weighted by Crippen LogP contribution is -1.92. The van der Waals surface area contributed by atoms with Crippen molar-refractivity contribution in [1.29, 1.82) is 0 Å². The number of hydrogen-bond donors (Lipinski definition) is 0. The Morgan fingerprint density at radius 3 is 2.28 bits per heavy atom. The van der Waals surface area contributed by atoms with Crippen molar-refractivity contribution in [1.82, 2.24) is 0 Å². The lowest BCUT2D eigenvalue weighted by atomic mass is 10.1. The van der Waals surface area contributed by atoms with E-state index in [1.165, 1.54) is 16.7 Å². The monoisotopic (exact) mass is 242 g/mol. The van der Waals surface area contributed by atoms with E-state index in [2.05, 4.69) is 63.3 Å². The lowest BCUT2D eigenvalue weighted by Gasteiger charge is -1.99. The average Bonchev–Trinajstić information content (AvgIpc) is 3.11. The van der Waals surface area contributed by atoms with Gasteiger partial charge in [0.05, 0.1) is 6.10 Å².